The lowest BCUT2D eigenvalue weighted by Crippen LogP contribution is -2.39. The van der Waals surface area contributed by atoms with Crippen molar-refractivity contribution in [1.82, 2.24) is 10.2 Å². The Balaban J connectivity index is 1.93. The fourth-order valence-corrected chi connectivity index (χ4v) is 4.00. The predicted octanol–water partition coefficient (Wildman–Crippen LogP) is 3.71. The van der Waals surface area contributed by atoms with Crippen LogP contribution in [0, 0.1) is 0 Å². The predicted molar refractivity (Wildman–Crippen MR) is 99.4 cm³/mol. The molecule has 1 N–H and O–H groups in total. The molecule has 0 atom stereocenters. The van der Waals surface area contributed by atoms with Gasteiger partial charge in [-0.05, 0) is 31.4 Å². The minimum absolute atomic E-state index is 0.0620. The first-order chi connectivity index (χ1) is 11.6. The van der Waals surface area contributed by atoms with Gasteiger partial charge >= 0.3 is 0 Å². The van der Waals surface area contributed by atoms with Gasteiger partial charge < -0.3 is 10.2 Å². The zero-order valence-corrected chi connectivity index (χ0v) is 15.5. The van der Waals surface area contributed by atoms with E-state index in [1.54, 1.807) is 0 Å². The number of carbonyl (C=O) groups is 2. The fourth-order valence-electron chi connectivity index (χ4n) is 3.03. The molecule has 0 saturated heterocycles. The molecule has 0 heterocycles. The summed E-state index contributed by atoms with van der Waals surface area (Å²) in [4.78, 5) is 27.5. The van der Waals surface area contributed by atoms with Gasteiger partial charge in [-0.1, -0.05) is 38.3 Å². The molecule has 0 aromatic heterocycles. The van der Waals surface area contributed by atoms with E-state index in [0.717, 1.165) is 24.2 Å². The highest BCUT2D eigenvalue weighted by Crippen LogP contribution is 2.25. The molecular formula is C19H28N2O2S. The van der Waals surface area contributed by atoms with Crippen molar-refractivity contribution in [3.8, 4) is 0 Å². The van der Waals surface area contributed by atoms with Gasteiger partial charge in [-0.25, -0.2) is 0 Å². The van der Waals surface area contributed by atoms with Crippen LogP contribution >= 0.6 is 11.8 Å². The van der Waals surface area contributed by atoms with Crippen molar-refractivity contribution in [3.63, 3.8) is 0 Å². The van der Waals surface area contributed by atoms with Crippen molar-refractivity contribution in [1.29, 1.82) is 0 Å². The van der Waals surface area contributed by atoms with E-state index >= 15 is 0 Å². The smallest absolute Gasteiger partial charge is 0.252 e. The van der Waals surface area contributed by atoms with Gasteiger partial charge in [0.15, 0.2) is 0 Å². The number of thioether (sulfide) groups is 1. The molecular weight excluding hydrogens is 320 g/mol. The van der Waals surface area contributed by atoms with Gasteiger partial charge in [-0.15, -0.1) is 11.8 Å². The zero-order valence-electron chi connectivity index (χ0n) is 14.7. The number of benzene rings is 1. The molecule has 0 radical (unpaired) electrons. The number of amides is 2. The van der Waals surface area contributed by atoms with Crippen LogP contribution in [0.15, 0.2) is 29.2 Å². The number of nitrogens with zero attached hydrogens (tertiary/aromatic N) is 1. The summed E-state index contributed by atoms with van der Waals surface area (Å²) in [5.74, 6) is 0.467. The van der Waals surface area contributed by atoms with E-state index in [1.165, 1.54) is 31.0 Å². The van der Waals surface area contributed by atoms with Crippen LogP contribution in [0.1, 0.15) is 55.8 Å². The summed E-state index contributed by atoms with van der Waals surface area (Å²) < 4.78 is 0. The van der Waals surface area contributed by atoms with E-state index in [0.29, 0.717) is 23.9 Å². The summed E-state index contributed by atoms with van der Waals surface area (Å²) in [7, 11) is 1.92. The average Bonchev–Trinajstić information content (AvgIpc) is 2.64. The van der Waals surface area contributed by atoms with Crippen molar-refractivity contribution in [2.45, 2.75) is 56.4 Å². The maximum absolute atomic E-state index is 12.5. The van der Waals surface area contributed by atoms with Crippen LogP contribution in [0.5, 0.6) is 0 Å². The topological polar surface area (TPSA) is 49.4 Å². The number of carbonyl (C=O) groups excluding carboxylic acids is 2. The summed E-state index contributed by atoms with van der Waals surface area (Å²) in [5.41, 5.74) is 0.657. The first kappa shape index (κ1) is 18.8. The molecule has 0 unspecified atom stereocenters. The Morgan fingerprint density at radius 3 is 2.62 bits per heavy atom. The molecule has 2 rings (SSSR count). The summed E-state index contributed by atoms with van der Waals surface area (Å²) in [6, 6.07) is 7.90. The van der Waals surface area contributed by atoms with Crippen molar-refractivity contribution in [3.05, 3.63) is 29.8 Å². The molecule has 4 nitrogen and oxygen atoms in total. The first-order valence-corrected chi connectivity index (χ1v) is 9.87. The minimum atomic E-state index is -0.0620. The highest BCUT2D eigenvalue weighted by atomic mass is 32.2. The number of hydrogen-bond donors (Lipinski definition) is 1. The van der Waals surface area contributed by atoms with E-state index < -0.39 is 0 Å². The quantitative estimate of drug-likeness (QED) is 0.764. The molecule has 2 amide bonds. The van der Waals surface area contributed by atoms with E-state index in [2.05, 4.69) is 5.32 Å². The van der Waals surface area contributed by atoms with Gasteiger partial charge in [0.1, 0.15) is 0 Å². The first-order valence-electron chi connectivity index (χ1n) is 8.89. The van der Waals surface area contributed by atoms with Gasteiger partial charge in [0, 0.05) is 24.5 Å². The lowest BCUT2D eigenvalue weighted by Gasteiger charge is -2.31. The molecule has 1 aromatic rings. The number of nitrogens with one attached hydrogen (secondary N) is 1. The SMILES string of the molecule is CCCNC(=O)c1ccccc1SCC(=O)N(C)C1CCCCC1. The Labute approximate surface area is 149 Å². The summed E-state index contributed by atoms with van der Waals surface area (Å²) >= 11 is 1.46. The maximum Gasteiger partial charge on any atom is 0.252 e. The third kappa shape index (κ3) is 5.26. The van der Waals surface area contributed by atoms with E-state index in [1.807, 2.05) is 43.1 Å². The van der Waals surface area contributed by atoms with Crippen LogP contribution < -0.4 is 5.32 Å². The lowest BCUT2D eigenvalue weighted by molar-refractivity contribution is -0.129. The largest absolute Gasteiger partial charge is 0.352 e. The molecule has 0 aliphatic heterocycles. The van der Waals surface area contributed by atoms with Crippen molar-refractivity contribution in [2.24, 2.45) is 0 Å². The summed E-state index contributed by atoms with van der Waals surface area (Å²) in [6.07, 6.45) is 6.86. The van der Waals surface area contributed by atoms with E-state index in [4.69, 9.17) is 0 Å². The molecule has 1 aliphatic carbocycles. The molecule has 0 bridgehead atoms. The Kier molecular flexibility index (Phi) is 7.63. The normalized spacial score (nSPS) is 15.1. The monoisotopic (exact) mass is 348 g/mol. The molecule has 1 saturated carbocycles. The second-order valence-corrected chi connectivity index (χ2v) is 7.35. The second-order valence-electron chi connectivity index (χ2n) is 6.34. The van der Waals surface area contributed by atoms with Crippen LogP contribution in [0.3, 0.4) is 0 Å². The molecule has 1 aliphatic rings. The molecule has 24 heavy (non-hydrogen) atoms. The van der Waals surface area contributed by atoms with E-state index in [-0.39, 0.29) is 11.8 Å². The standard InChI is InChI=1S/C19H28N2O2S/c1-3-13-20-19(23)16-11-7-8-12-17(16)24-14-18(22)21(2)15-9-5-4-6-10-15/h7-8,11-12,15H,3-6,9-10,13-14H2,1-2H3,(H,20,23). The molecule has 5 heteroatoms. The molecule has 0 spiro atoms. The summed E-state index contributed by atoms with van der Waals surface area (Å²) in [6.45, 7) is 2.70. The minimum Gasteiger partial charge on any atom is -0.352 e. The van der Waals surface area contributed by atoms with Gasteiger partial charge in [-0.3, -0.25) is 9.59 Å². The molecule has 132 valence electrons. The Bertz CT molecular complexity index is 556. The third-order valence-electron chi connectivity index (χ3n) is 4.53. The van der Waals surface area contributed by atoms with Gasteiger partial charge in [0.05, 0.1) is 11.3 Å². The van der Waals surface area contributed by atoms with Crippen LogP contribution in [0.25, 0.3) is 0 Å². The van der Waals surface area contributed by atoms with Crippen LogP contribution in [0.2, 0.25) is 0 Å². The van der Waals surface area contributed by atoms with Crippen LogP contribution in [0.4, 0.5) is 0 Å². The number of hydrogen-bond acceptors (Lipinski definition) is 3. The Morgan fingerprint density at radius 2 is 1.92 bits per heavy atom. The van der Waals surface area contributed by atoms with Crippen molar-refractivity contribution in [2.75, 3.05) is 19.3 Å². The molecule has 1 aromatic carbocycles. The highest BCUT2D eigenvalue weighted by Gasteiger charge is 2.22. The maximum atomic E-state index is 12.5. The van der Waals surface area contributed by atoms with Gasteiger partial charge in [-0.2, -0.15) is 0 Å². The van der Waals surface area contributed by atoms with Gasteiger partial charge in [0.25, 0.3) is 5.91 Å². The number of rotatable bonds is 7. The van der Waals surface area contributed by atoms with Crippen molar-refractivity contribution >= 4 is 23.6 Å². The van der Waals surface area contributed by atoms with Crippen LogP contribution in [-0.4, -0.2) is 42.1 Å². The Morgan fingerprint density at radius 1 is 1.21 bits per heavy atom. The van der Waals surface area contributed by atoms with Crippen molar-refractivity contribution < 1.29 is 9.59 Å². The van der Waals surface area contributed by atoms with Crippen LogP contribution in [-0.2, 0) is 4.79 Å². The lowest BCUT2D eigenvalue weighted by atomic mass is 9.94. The molecule has 1 fully saturated rings. The third-order valence-corrected chi connectivity index (χ3v) is 5.59. The average molecular weight is 349 g/mol. The second kappa shape index (κ2) is 9.72. The fraction of sp³-hybridized carbons (Fsp3) is 0.579. The van der Waals surface area contributed by atoms with Gasteiger partial charge in [0.2, 0.25) is 5.91 Å². The van der Waals surface area contributed by atoms with E-state index in [9.17, 15) is 9.59 Å². The zero-order chi connectivity index (χ0) is 17.4. The highest BCUT2D eigenvalue weighted by molar-refractivity contribution is 8.00. The Hall–Kier alpha value is -1.49. The summed E-state index contributed by atoms with van der Waals surface area (Å²) in [5, 5.41) is 2.90.